The summed E-state index contributed by atoms with van der Waals surface area (Å²) in [6.45, 7) is 1.62. The maximum absolute atomic E-state index is 10.9. The topological polar surface area (TPSA) is 17.1 Å². The Morgan fingerprint density at radius 2 is 2.09 bits per heavy atom. The summed E-state index contributed by atoms with van der Waals surface area (Å²) in [5.74, 6) is 0.185. The van der Waals surface area contributed by atoms with Gasteiger partial charge in [0.1, 0.15) is 0 Å². The Hall–Kier alpha value is -1.11. The summed E-state index contributed by atoms with van der Waals surface area (Å²) in [6, 6.07) is 0. The fraction of sp³-hybridized carbons (Fsp3) is 0.300. The molecule has 0 amide bonds. The lowest BCUT2D eigenvalue weighted by Crippen LogP contribution is -1.95. The predicted molar refractivity (Wildman–Crippen MR) is 46.3 cm³/mol. The van der Waals surface area contributed by atoms with Crippen LogP contribution in [0.3, 0.4) is 0 Å². The highest BCUT2D eigenvalue weighted by Gasteiger charge is 2.00. The van der Waals surface area contributed by atoms with E-state index in [1.54, 1.807) is 6.92 Å². The molecule has 0 aromatic carbocycles. The van der Waals surface area contributed by atoms with Crippen LogP contribution < -0.4 is 0 Å². The summed E-state index contributed by atoms with van der Waals surface area (Å²) in [6.07, 6.45) is 11.7. The molecule has 0 N–H and O–H groups in total. The number of carbonyl (C=O) groups excluding carboxylic acids is 1. The normalized spacial score (nSPS) is 22.8. The van der Waals surface area contributed by atoms with Gasteiger partial charge in [-0.05, 0) is 25.3 Å². The third-order valence-electron chi connectivity index (χ3n) is 1.67. The first-order valence-corrected chi connectivity index (χ1v) is 3.82. The standard InChI is InChI=1S/C10H12O/c1-9(11)10-7-5-3-2-4-6-8-10/h2-5,8H,6-7H2,1H3/b4-2+,5-3+,10-8?. The lowest BCUT2D eigenvalue weighted by Gasteiger charge is -1.99. The van der Waals surface area contributed by atoms with Crippen molar-refractivity contribution in [1.82, 2.24) is 0 Å². The summed E-state index contributed by atoms with van der Waals surface area (Å²) in [4.78, 5) is 10.9. The van der Waals surface area contributed by atoms with E-state index in [2.05, 4.69) is 0 Å². The number of hydrogen-bond acceptors (Lipinski definition) is 1. The van der Waals surface area contributed by atoms with E-state index in [0.29, 0.717) is 0 Å². The van der Waals surface area contributed by atoms with Gasteiger partial charge in [-0.1, -0.05) is 30.4 Å². The molecule has 0 aromatic rings. The van der Waals surface area contributed by atoms with Crippen LogP contribution in [-0.2, 0) is 4.79 Å². The first-order chi connectivity index (χ1) is 5.30. The van der Waals surface area contributed by atoms with E-state index in [1.807, 2.05) is 30.4 Å². The van der Waals surface area contributed by atoms with Crippen LogP contribution in [0.25, 0.3) is 0 Å². The van der Waals surface area contributed by atoms with Gasteiger partial charge in [-0.2, -0.15) is 0 Å². The van der Waals surface area contributed by atoms with Crippen LogP contribution >= 0.6 is 0 Å². The molecule has 0 radical (unpaired) electrons. The molecule has 1 aliphatic carbocycles. The van der Waals surface area contributed by atoms with Gasteiger partial charge in [-0.15, -0.1) is 0 Å². The molecule has 0 unspecified atom stereocenters. The second-order valence-electron chi connectivity index (χ2n) is 2.58. The van der Waals surface area contributed by atoms with E-state index in [0.717, 1.165) is 18.4 Å². The highest BCUT2D eigenvalue weighted by Crippen LogP contribution is 2.08. The van der Waals surface area contributed by atoms with Gasteiger partial charge in [0.15, 0.2) is 5.78 Å². The Bertz CT molecular complexity index is 231. The minimum Gasteiger partial charge on any atom is -0.295 e. The molecule has 0 saturated heterocycles. The molecule has 1 heteroatoms. The molecule has 1 nitrogen and oxygen atoms in total. The molecule has 0 fully saturated rings. The predicted octanol–water partition coefficient (Wildman–Crippen LogP) is 2.41. The quantitative estimate of drug-likeness (QED) is 0.558. The molecule has 0 spiro atoms. The lowest BCUT2D eigenvalue weighted by atomic mass is 10.1. The highest BCUT2D eigenvalue weighted by molar-refractivity contribution is 5.93. The minimum atomic E-state index is 0.185. The highest BCUT2D eigenvalue weighted by atomic mass is 16.1. The van der Waals surface area contributed by atoms with E-state index < -0.39 is 0 Å². The van der Waals surface area contributed by atoms with Crippen LogP contribution in [0.2, 0.25) is 0 Å². The second-order valence-corrected chi connectivity index (χ2v) is 2.58. The first-order valence-electron chi connectivity index (χ1n) is 3.82. The van der Waals surface area contributed by atoms with Crippen LogP contribution in [0.5, 0.6) is 0 Å². The molecule has 0 atom stereocenters. The molecule has 0 aromatic heterocycles. The third-order valence-corrected chi connectivity index (χ3v) is 1.67. The molecule has 0 heterocycles. The summed E-state index contributed by atoms with van der Waals surface area (Å²) in [5.41, 5.74) is 0.922. The van der Waals surface area contributed by atoms with Crippen molar-refractivity contribution in [3.05, 3.63) is 36.0 Å². The summed E-state index contributed by atoms with van der Waals surface area (Å²) in [7, 11) is 0. The Morgan fingerprint density at radius 3 is 2.82 bits per heavy atom. The Balaban J connectivity index is 2.73. The SMILES string of the molecule is CC(=O)C1=CC/C=C/C=C/C1. The van der Waals surface area contributed by atoms with Gasteiger partial charge in [-0.25, -0.2) is 0 Å². The molecule has 0 aliphatic heterocycles. The van der Waals surface area contributed by atoms with Crippen molar-refractivity contribution in [2.75, 3.05) is 0 Å². The zero-order valence-electron chi connectivity index (χ0n) is 6.71. The van der Waals surface area contributed by atoms with Gasteiger partial charge in [0.05, 0.1) is 0 Å². The largest absolute Gasteiger partial charge is 0.295 e. The number of carbonyl (C=O) groups is 1. The average Bonchev–Trinajstić information content (AvgIpc) is 1.84. The maximum Gasteiger partial charge on any atom is 0.155 e. The van der Waals surface area contributed by atoms with Crippen LogP contribution in [0, 0.1) is 0 Å². The van der Waals surface area contributed by atoms with Crippen molar-refractivity contribution in [3.63, 3.8) is 0 Å². The first kappa shape index (κ1) is 7.99. The van der Waals surface area contributed by atoms with Crippen LogP contribution in [0.15, 0.2) is 36.0 Å². The molecular weight excluding hydrogens is 136 g/mol. The maximum atomic E-state index is 10.9. The average molecular weight is 148 g/mol. The molecular formula is C10H12O. The summed E-state index contributed by atoms with van der Waals surface area (Å²) >= 11 is 0. The lowest BCUT2D eigenvalue weighted by molar-refractivity contribution is -0.113. The molecule has 0 bridgehead atoms. The number of Topliss-reactive ketones (excluding diaryl/α,β-unsaturated/α-hetero) is 1. The number of ketones is 1. The molecule has 1 rings (SSSR count). The van der Waals surface area contributed by atoms with Crippen molar-refractivity contribution in [2.45, 2.75) is 19.8 Å². The van der Waals surface area contributed by atoms with E-state index in [9.17, 15) is 4.79 Å². The van der Waals surface area contributed by atoms with Crippen LogP contribution in [0.4, 0.5) is 0 Å². The zero-order valence-corrected chi connectivity index (χ0v) is 6.71. The van der Waals surface area contributed by atoms with Gasteiger partial charge in [0, 0.05) is 0 Å². The van der Waals surface area contributed by atoms with Crippen molar-refractivity contribution in [1.29, 1.82) is 0 Å². The molecule has 1 aliphatic rings. The Kier molecular flexibility index (Phi) is 2.84. The number of allylic oxidation sites excluding steroid dienone is 6. The third kappa shape index (κ3) is 2.54. The van der Waals surface area contributed by atoms with Crippen LogP contribution in [-0.4, -0.2) is 5.78 Å². The minimum absolute atomic E-state index is 0.185. The molecule has 11 heavy (non-hydrogen) atoms. The summed E-state index contributed by atoms with van der Waals surface area (Å²) in [5, 5.41) is 0. The second kappa shape index (κ2) is 3.91. The van der Waals surface area contributed by atoms with E-state index in [4.69, 9.17) is 0 Å². The van der Waals surface area contributed by atoms with Gasteiger partial charge in [0.2, 0.25) is 0 Å². The fourth-order valence-electron chi connectivity index (χ4n) is 1.01. The Morgan fingerprint density at radius 1 is 1.36 bits per heavy atom. The smallest absolute Gasteiger partial charge is 0.155 e. The summed E-state index contributed by atoms with van der Waals surface area (Å²) < 4.78 is 0. The van der Waals surface area contributed by atoms with Gasteiger partial charge < -0.3 is 0 Å². The van der Waals surface area contributed by atoms with E-state index >= 15 is 0 Å². The Labute approximate surface area is 67.1 Å². The fourth-order valence-corrected chi connectivity index (χ4v) is 1.01. The van der Waals surface area contributed by atoms with Gasteiger partial charge >= 0.3 is 0 Å². The van der Waals surface area contributed by atoms with Crippen molar-refractivity contribution in [2.24, 2.45) is 0 Å². The number of rotatable bonds is 1. The van der Waals surface area contributed by atoms with Crippen molar-refractivity contribution < 1.29 is 4.79 Å². The van der Waals surface area contributed by atoms with Gasteiger partial charge in [-0.3, -0.25) is 4.79 Å². The zero-order chi connectivity index (χ0) is 8.10. The monoisotopic (exact) mass is 148 g/mol. The van der Waals surface area contributed by atoms with Crippen molar-refractivity contribution >= 4 is 5.78 Å². The van der Waals surface area contributed by atoms with Crippen molar-refractivity contribution in [3.8, 4) is 0 Å². The van der Waals surface area contributed by atoms with E-state index in [-0.39, 0.29) is 5.78 Å². The van der Waals surface area contributed by atoms with E-state index in [1.165, 1.54) is 0 Å². The number of hydrogen-bond donors (Lipinski definition) is 0. The van der Waals surface area contributed by atoms with Gasteiger partial charge in [0.25, 0.3) is 0 Å². The molecule has 0 saturated carbocycles. The van der Waals surface area contributed by atoms with Crippen LogP contribution in [0.1, 0.15) is 19.8 Å². The molecule has 58 valence electrons.